The smallest absolute Gasteiger partial charge is 0.237 e. The molecule has 106 valence electrons. The van der Waals surface area contributed by atoms with Crippen molar-refractivity contribution in [1.29, 1.82) is 0 Å². The van der Waals surface area contributed by atoms with Gasteiger partial charge in [0.15, 0.2) is 0 Å². The molecule has 19 heavy (non-hydrogen) atoms. The van der Waals surface area contributed by atoms with Crippen molar-refractivity contribution in [2.24, 2.45) is 0 Å². The minimum atomic E-state index is 0.0396. The van der Waals surface area contributed by atoms with Gasteiger partial charge in [-0.1, -0.05) is 0 Å². The maximum absolute atomic E-state index is 11.5. The van der Waals surface area contributed by atoms with E-state index in [2.05, 4.69) is 15.6 Å². The summed E-state index contributed by atoms with van der Waals surface area (Å²) in [6, 6.07) is 3.90. The normalized spacial score (nSPS) is 10.6. The highest BCUT2D eigenvalue weighted by molar-refractivity contribution is 5.76. The van der Waals surface area contributed by atoms with E-state index in [-0.39, 0.29) is 18.1 Å². The van der Waals surface area contributed by atoms with Gasteiger partial charge < -0.3 is 15.4 Å². The third-order valence-corrected chi connectivity index (χ3v) is 2.24. The number of nitrogens with zero attached hydrogens (tertiary/aromatic N) is 1. The Hall–Kier alpha value is -1.78. The molecule has 1 aromatic heterocycles. The number of nitrogens with one attached hydrogen (secondary N) is 2. The van der Waals surface area contributed by atoms with Crippen molar-refractivity contribution < 1.29 is 9.53 Å². The maximum atomic E-state index is 11.5. The van der Waals surface area contributed by atoms with E-state index >= 15 is 0 Å². The average Bonchev–Trinajstić information content (AvgIpc) is 2.29. The van der Waals surface area contributed by atoms with E-state index in [1.54, 1.807) is 6.20 Å². The van der Waals surface area contributed by atoms with E-state index < -0.39 is 0 Å². The predicted octanol–water partition coefficient (Wildman–Crippen LogP) is 2.20. The van der Waals surface area contributed by atoms with E-state index in [1.165, 1.54) is 0 Å². The number of amides is 1. The molecule has 1 rings (SSSR count). The maximum Gasteiger partial charge on any atom is 0.237 e. The summed E-state index contributed by atoms with van der Waals surface area (Å²) in [5.74, 6) is 0.611. The molecule has 2 N–H and O–H groups in total. The van der Waals surface area contributed by atoms with Crippen LogP contribution in [-0.4, -0.2) is 29.6 Å². The highest BCUT2D eigenvalue weighted by atomic mass is 16.5. The first-order chi connectivity index (χ1) is 8.99. The van der Waals surface area contributed by atoms with Crippen molar-refractivity contribution >= 4 is 11.6 Å². The van der Waals surface area contributed by atoms with Crippen LogP contribution in [0.4, 0.5) is 5.69 Å². The van der Waals surface area contributed by atoms with Gasteiger partial charge in [0.2, 0.25) is 11.8 Å². The lowest BCUT2D eigenvalue weighted by molar-refractivity contribution is -0.121. The predicted molar refractivity (Wildman–Crippen MR) is 76.4 cm³/mol. The lowest BCUT2D eigenvalue weighted by Gasteiger charge is -2.14. The highest BCUT2D eigenvalue weighted by Gasteiger charge is 2.07. The minimum Gasteiger partial charge on any atom is -0.473 e. The molecule has 5 heteroatoms. The molecule has 1 heterocycles. The van der Waals surface area contributed by atoms with Crippen molar-refractivity contribution in [3.8, 4) is 5.88 Å². The second-order valence-corrected chi connectivity index (χ2v) is 4.92. The van der Waals surface area contributed by atoms with Gasteiger partial charge in [-0.15, -0.1) is 0 Å². The van der Waals surface area contributed by atoms with Crippen LogP contribution in [0.1, 0.15) is 34.1 Å². The summed E-state index contributed by atoms with van der Waals surface area (Å²) in [4.78, 5) is 15.7. The standard InChI is InChI=1S/C14H23N3O2/c1-10(2)17-13(18)7-9-15-12-6-5-8-16-14(12)19-11(3)4/h5-6,8,10-11,15H,7,9H2,1-4H3,(H,17,18). The second kappa shape index (κ2) is 7.61. The Balaban J connectivity index is 2.46. The summed E-state index contributed by atoms with van der Waals surface area (Å²) >= 11 is 0. The molecule has 0 aliphatic heterocycles. The summed E-state index contributed by atoms with van der Waals surface area (Å²) in [6.45, 7) is 8.35. The number of ether oxygens (including phenoxy) is 1. The fourth-order valence-corrected chi connectivity index (χ4v) is 1.55. The average molecular weight is 265 g/mol. The van der Waals surface area contributed by atoms with Gasteiger partial charge in [-0.25, -0.2) is 4.98 Å². The fourth-order valence-electron chi connectivity index (χ4n) is 1.55. The van der Waals surface area contributed by atoms with Crippen molar-refractivity contribution in [1.82, 2.24) is 10.3 Å². The van der Waals surface area contributed by atoms with Crippen molar-refractivity contribution in [3.05, 3.63) is 18.3 Å². The molecule has 0 aromatic carbocycles. The summed E-state index contributed by atoms with van der Waals surface area (Å²) in [5, 5.41) is 6.02. The number of hydrogen-bond acceptors (Lipinski definition) is 4. The van der Waals surface area contributed by atoms with Crippen LogP contribution in [0.25, 0.3) is 0 Å². The third-order valence-electron chi connectivity index (χ3n) is 2.24. The van der Waals surface area contributed by atoms with Crippen LogP contribution in [0.3, 0.4) is 0 Å². The van der Waals surface area contributed by atoms with Crippen LogP contribution in [0.5, 0.6) is 5.88 Å². The molecule has 0 atom stereocenters. The largest absolute Gasteiger partial charge is 0.473 e. The summed E-state index contributed by atoms with van der Waals surface area (Å²) in [6.07, 6.45) is 2.18. The Labute approximate surface area is 114 Å². The first kappa shape index (κ1) is 15.3. The monoisotopic (exact) mass is 265 g/mol. The van der Waals surface area contributed by atoms with Gasteiger partial charge in [-0.05, 0) is 39.8 Å². The lowest BCUT2D eigenvalue weighted by Crippen LogP contribution is -2.31. The van der Waals surface area contributed by atoms with Crippen LogP contribution in [0.15, 0.2) is 18.3 Å². The molecule has 0 saturated carbocycles. The fraction of sp³-hybridized carbons (Fsp3) is 0.571. The number of carbonyl (C=O) groups is 1. The van der Waals surface area contributed by atoms with Gasteiger partial charge in [0.05, 0.1) is 11.8 Å². The van der Waals surface area contributed by atoms with E-state index in [1.807, 2.05) is 39.8 Å². The zero-order valence-corrected chi connectivity index (χ0v) is 12.1. The molecule has 1 aromatic rings. The van der Waals surface area contributed by atoms with Gasteiger partial charge in [0.1, 0.15) is 0 Å². The quantitative estimate of drug-likeness (QED) is 0.793. The molecule has 0 radical (unpaired) electrons. The number of carbonyl (C=O) groups excluding carboxylic acids is 1. The van der Waals surface area contributed by atoms with Crippen molar-refractivity contribution in [2.45, 2.75) is 46.3 Å². The topological polar surface area (TPSA) is 63.2 Å². The molecule has 1 amide bonds. The van der Waals surface area contributed by atoms with Gasteiger partial charge in [-0.2, -0.15) is 0 Å². The van der Waals surface area contributed by atoms with E-state index in [0.717, 1.165) is 5.69 Å². The molecule has 0 saturated heterocycles. The summed E-state index contributed by atoms with van der Waals surface area (Å²) in [5.41, 5.74) is 0.813. The molecular formula is C14H23N3O2. The number of rotatable bonds is 7. The first-order valence-corrected chi connectivity index (χ1v) is 6.64. The molecule has 0 aliphatic carbocycles. The van der Waals surface area contributed by atoms with Crippen LogP contribution < -0.4 is 15.4 Å². The number of aromatic nitrogens is 1. The zero-order valence-electron chi connectivity index (χ0n) is 12.1. The molecule has 0 fully saturated rings. The number of anilines is 1. The zero-order chi connectivity index (χ0) is 14.3. The van der Waals surface area contributed by atoms with Gasteiger partial charge in [0.25, 0.3) is 0 Å². The summed E-state index contributed by atoms with van der Waals surface area (Å²) in [7, 11) is 0. The molecule has 0 bridgehead atoms. The number of hydrogen-bond donors (Lipinski definition) is 2. The van der Waals surface area contributed by atoms with Crippen LogP contribution in [0, 0.1) is 0 Å². The molecule has 0 aliphatic rings. The van der Waals surface area contributed by atoms with Crippen molar-refractivity contribution in [3.63, 3.8) is 0 Å². The first-order valence-electron chi connectivity index (χ1n) is 6.64. The summed E-state index contributed by atoms with van der Waals surface area (Å²) < 4.78 is 5.59. The third kappa shape index (κ3) is 6.08. The van der Waals surface area contributed by atoms with Crippen LogP contribution >= 0.6 is 0 Å². The van der Waals surface area contributed by atoms with E-state index in [4.69, 9.17) is 4.74 Å². The molecule has 0 spiro atoms. The Morgan fingerprint density at radius 1 is 1.37 bits per heavy atom. The molecule has 0 unspecified atom stereocenters. The Morgan fingerprint density at radius 3 is 2.74 bits per heavy atom. The Bertz CT molecular complexity index is 405. The Kier molecular flexibility index (Phi) is 6.12. The number of pyridine rings is 1. The SMILES string of the molecule is CC(C)NC(=O)CCNc1cccnc1OC(C)C. The molecular weight excluding hydrogens is 242 g/mol. The van der Waals surface area contributed by atoms with Crippen molar-refractivity contribution in [2.75, 3.05) is 11.9 Å². The van der Waals surface area contributed by atoms with Crippen LogP contribution in [0.2, 0.25) is 0 Å². The van der Waals surface area contributed by atoms with Gasteiger partial charge in [0, 0.05) is 25.2 Å². The minimum absolute atomic E-state index is 0.0396. The Morgan fingerprint density at radius 2 is 2.11 bits per heavy atom. The molecule has 5 nitrogen and oxygen atoms in total. The van der Waals surface area contributed by atoms with Gasteiger partial charge in [-0.3, -0.25) is 4.79 Å². The highest BCUT2D eigenvalue weighted by Crippen LogP contribution is 2.21. The van der Waals surface area contributed by atoms with Crippen LogP contribution in [-0.2, 0) is 4.79 Å². The van der Waals surface area contributed by atoms with Gasteiger partial charge >= 0.3 is 0 Å². The second-order valence-electron chi connectivity index (χ2n) is 4.92. The van der Waals surface area contributed by atoms with E-state index in [9.17, 15) is 4.79 Å². The lowest BCUT2D eigenvalue weighted by atomic mass is 10.3. The van der Waals surface area contributed by atoms with E-state index in [0.29, 0.717) is 18.8 Å².